The fraction of sp³-hybridized carbons (Fsp3) is 0.138. The molecule has 2 amide bonds. The molecule has 0 aromatic heterocycles. The number of amides is 2. The number of hydrogen-bond acceptors (Lipinski definition) is 5. The van der Waals surface area contributed by atoms with Gasteiger partial charge in [-0.3, -0.25) is 19.8 Å². The van der Waals surface area contributed by atoms with Crippen LogP contribution in [0.25, 0.3) is 6.08 Å². The summed E-state index contributed by atoms with van der Waals surface area (Å²) in [4.78, 5) is 27.5. The summed E-state index contributed by atoms with van der Waals surface area (Å²) in [6, 6.07) is 15.7. The van der Waals surface area contributed by atoms with Gasteiger partial charge in [-0.1, -0.05) is 65.1 Å². The Morgan fingerprint density at radius 2 is 1.74 bits per heavy atom. The number of anilines is 1. The van der Waals surface area contributed by atoms with Crippen molar-refractivity contribution < 1.29 is 19.1 Å². The molecular formula is C29H23Cl3N2O4S. The molecule has 0 bridgehead atoms. The molecule has 1 saturated heterocycles. The SMILES string of the molecule is C=CCc1cc(/C=C2\C(=O)NC(=S)N(c3cccc(Cl)c3Cl)C2=O)cc(OCC)c1OCc1ccccc1Cl. The van der Waals surface area contributed by atoms with Crippen LogP contribution in [0.3, 0.4) is 0 Å². The van der Waals surface area contributed by atoms with Crippen LogP contribution in [-0.4, -0.2) is 23.5 Å². The summed E-state index contributed by atoms with van der Waals surface area (Å²) in [5.41, 5.74) is 2.23. The average Bonchev–Trinajstić information content (AvgIpc) is 2.89. The Kier molecular flexibility index (Phi) is 9.30. The first kappa shape index (κ1) is 28.6. The second kappa shape index (κ2) is 12.7. The Bertz CT molecular complexity index is 1510. The van der Waals surface area contributed by atoms with E-state index in [1.165, 1.54) is 6.08 Å². The van der Waals surface area contributed by atoms with Crippen LogP contribution in [0.4, 0.5) is 5.69 Å². The molecule has 3 aromatic rings. The maximum absolute atomic E-state index is 13.5. The molecule has 4 rings (SSSR count). The van der Waals surface area contributed by atoms with Gasteiger partial charge in [0.1, 0.15) is 12.2 Å². The lowest BCUT2D eigenvalue weighted by atomic mass is 10.0. The number of allylic oxidation sites excluding steroid dienone is 1. The Balaban J connectivity index is 1.75. The van der Waals surface area contributed by atoms with Gasteiger partial charge in [-0.15, -0.1) is 6.58 Å². The van der Waals surface area contributed by atoms with Crippen LogP contribution in [0.2, 0.25) is 15.1 Å². The minimum atomic E-state index is -0.643. The van der Waals surface area contributed by atoms with Gasteiger partial charge in [0.15, 0.2) is 16.6 Å². The van der Waals surface area contributed by atoms with Gasteiger partial charge in [0.25, 0.3) is 11.8 Å². The Labute approximate surface area is 246 Å². The van der Waals surface area contributed by atoms with Crippen molar-refractivity contribution in [3.05, 3.63) is 105 Å². The van der Waals surface area contributed by atoms with E-state index >= 15 is 0 Å². The third-order valence-corrected chi connectivity index (χ3v) is 7.20. The third kappa shape index (κ3) is 6.28. The molecule has 1 heterocycles. The van der Waals surface area contributed by atoms with Gasteiger partial charge in [-0.25, -0.2) is 0 Å². The highest BCUT2D eigenvalue weighted by atomic mass is 35.5. The van der Waals surface area contributed by atoms with Crippen molar-refractivity contribution >= 4 is 75.7 Å². The van der Waals surface area contributed by atoms with Gasteiger partial charge in [-0.05, 0) is 67.5 Å². The van der Waals surface area contributed by atoms with Crippen LogP contribution >= 0.6 is 47.0 Å². The minimum Gasteiger partial charge on any atom is -0.490 e. The Hall–Kier alpha value is -3.36. The number of benzene rings is 3. The molecule has 0 aliphatic carbocycles. The maximum Gasteiger partial charge on any atom is 0.270 e. The van der Waals surface area contributed by atoms with Gasteiger partial charge < -0.3 is 9.47 Å². The molecule has 3 aromatic carbocycles. The molecule has 0 saturated carbocycles. The zero-order chi connectivity index (χ0) is 28.1. The van der Waals surface area contributed by atoms with E-state index in [2.05, 4.69) is 11.9 Å². The highest BCUT2D eigenvalue weighted by molar-refractivity contribution is 7.80. The van der Waals surface area contributed by atoms with Crippen LogP contribution in [0.5, 0.6) is 11.5 Å². The number of ether oxygens (including phenoxy) is 2. The van der Waals surface area contributed by atoms with Gasteiger partial charge in [-0.2, -0.15) is 0 Å². The van der Waals surface area contributed by atoms with Crippen LogP contribution in [-0.2, 0) is 22.6 Å². The lowest BCUT2D eigenvalue weighted by molar-refractivity contribution is -0.122. The lowest BCUT2D eigenvalue weighted by Gasteiger charge is -2.29. The first-order chi connectivity index (χ1) is 18.7. The summed E-state index contributed by atoms with van der Waals surface area (Å²) >= 11 is 24.1. The molecule has 39 heavy (non-hydrogen) atoms. The van der Waals surface area contributed by atoms with Gasteiger partial charge in [0.05, 0.1) is 22.3 Å². The van der Waals surface area contributed by atoms with E-state index in [-0.39, 0.29) is 33.0 Å². The third-order valence-electron chi connectivity index (χ3n) is 5.73. The molecule has 1 N–H and O–H groups in total. The van der Waals surface area contributed by atoms with Crippen LogP contribution < -0.4 is 19.7 Å². The Morgan fingerprint density at radius 1 is 1.00 bits per heavy atom. The van der Waals surface area contributed by atoms with Crippen LogP contribution in [0.15, 0.2) is 72.8 Å². The molecule has 200 valence electrons. The molecule has 0 spiro atoms. The summed E-state index contributed by atoms with van der Waals surface area (Å²) in [7, 11) is 0. The predicted molar refractivity (Wildman–Crippen MR) is 160 cm³/mol. The van der Waals surface area contributed by atoms with E-state index in [9.17, 15) is 9.59 Å². The predicted octanol–water partition coefficient (Wildman–Crippen LogP) is 7.18. The fourth-order valence-electron chi connectivity index (χ4n) is 3.97. The van der Waals surface area contributed by atoms with Gasteiger partial charge >= 0.3 is 0 Å². The second-order valence-electron chi connectivity index (χ2n) is 8.34. The number of hydrogen-bond donors (Lipinski definition) is 1. The van der Waals surface area contributed by atoms with E-state index in [4.69, 9.17) is 56.5 Å². The highest BCUT2D eigenvalue weighted by Crippen LogP contribution is 2.37. The highest BCUT2D eigenvalue weighted by Gasteiger charge is 2.35. The quantitative estimate of drug-likeness (QED) is 0.122. The summed E-state index contributed by atoms with van der Waals surface area (Å²) in [6.45, 7) is 6.28. The van der Waals surface area contributed by atoms with Gasteiger partial charge in [0, 0.05) is 16.1 Å². The summed E-state index contributed by atoms with van der Waals surface area (Å²) in [5.74, 6) is -0.312. The number of nitrogens with zero attached hydrogens (tertiary/aromatic N) is 1. The van der Waals surface area contributed by atoms with E-state index in [1.807, 2.05) is 31.2 Å². The number of nitrogens with one attached hydrogen (secondary N) is 1. The average molecular weight is 602 g/mol. The molecule has 1 fully saturated rings. The molecule has 6 nitrogen and oxygen atoms in total. The standard InChI is InChI=1S/C29H23Cl3N2O4S/c1-3-8-18-13-17(15-24(37-4-2)26(18)38-16-19-9-5-6-10-21(19)30)14-20-27(35)33-29(39)34(28(20)36)23-12-7-11-22(31)25(23)32/h3,5-7,9-15H,1,4,8,16H2,2H3,(H,33,35,39)/b20-14+. The summed E-state index contributed by atoms with van der Waals surface area (Å²) in [6.07, 6.45) is 3.64. The van der Waals surface area contributed by atoms with E-state index in [0.717, 1.165) is 16.0 Å². The van der Waals surface area contributed by atoms with Crippen LogP contribution in [0, 0.1) is 0 Å². The molecule has 10 heteroatoms. The summed E-state index contributed by atoms with van der Waals surface area (Å²) in [5, 5.41) is 3.42. The lowest BCUT2D eigenvalue weighted by Crippen LogP contribution is -2.54. The smallest absolute Gasteiger partial charge is 0.270 e. The summed E-state index contributed by atoms with van der Waals surface area (Å²) < 4.78 is 12.1. The molecule has 1 aliphatic heterocycles. The number of carbonyl (C=O) groups is 2. The van der Waals surface area contributed by atoms with E-state index in [0.29, 0.717) is 35.1 Å². The number of thiocarbonyl (C=S) groups is 1. The minimum absolute atomic E-state index is 0.100. The zero-order valence-corrected chi connectivity index (χ0v) is 23.9. The van der Waals surface area contributed by atoms with Crippen molar-refractivity contribution in [3.8, 4) is 11.5 Å². The van der Waals surface area contributed by atoms with E-state index < -0.39 is 11.8 Å². The van der Waals surface area contributed by atoms with Crippen LogP contribution in [0.1, 0.15) is 23.6 Å². The van der Waals surface area contributed by atoms with Crippen molar-refractivity contribution in [3.63, 3.8) is 0 Å². The number of carbonyl (C=O) groups excluding carboxylic acids is 2. The van der Waals surface area contributed by atoms with Gasteiger partial charge in [0.2, 0.25) is 0 Å². The monoisotopic (exact) mass is 600 g/mol. The molecule has 0 radical (unpaired) electrons. The topological polar surface area (TPSA) is 67.9 Å². The van der Waals surface area contributed by atoms with E-state index in [1.54, 1.807) is 36.4 Å². The van der Waals surface area contributed by atoms with Crippen molar-refractivity contribution in [2.24, 2.45) is 0 Å². The molecule has 0 atom stereocenters. The fourth-order valence-corrected chi connectivity index (χ4v) is 4.82. The largest absolute Gasteiger partial charge is 0.490 e. The molecule has 0 unspecified atom stereocenters. The first-order valence-corrected chi connectivity index (χ1v) is 13.4. The Morgan fingerprint density at radius 3 is 2.46 bits per heavy atom. The second-order valence-corrected chi connectivity index (χ2v) is 9.92. The van der Waals surface area contributed by atoms with Crippen molar-refractivity contribution in [1.29, 1.82) is 0 Å². The van der Waals surface area contributed by atoms with Crippen molar-refractivity contribution in [2.45, 2.75) is 20.0 Å². The maximum atomic E-state index is 13.5. The van der Waals surface area contributed by atoms with Crippen molar-refractivity contribution in [1.82, 2.24) is 5.32 Å². The number of halogens is 3. The zero-order valence-electron chi connectivity index (χ0n) is 20.8. The molecular weight excluding hydrogens is 579 g/mol. The number of rotatable bonds is 9. The molecule has 1 aliphatic rings. The first-order valence-electron chi connectivity index (χ1n) is 11.9. The van der Waals surface area contributed by atoms with Crippen molar-refractivity contribution in [2.75, 3.05) is 11.5 Å². The normalized spacial score (nSPS) is 14.4.